The molecule has 0 spiro atoms. The van der Waals surface area contributed by atoms with Crippen LogP contribution < -0.4 is 10.6 Å². The highest BCUT2D eigenvalue weighted by Crippen LogP contribution is 2.12. The number of hydrogen-bond acceptors (Lipinski definition) is 3. The normalized spacial score (nSPS) is 19.0. The minimum absolute atomic E-state index is 0. The van der Waals surface area contributed by atoms with E-state index in [0.29, 0.717) is 12.0 Å². The predicted octanol–water partition coefficient (Wildman–Crippen LogP) is 2.31. The highest BCUT2D eigenvalue weighted by molar-refractivity contribution is 5.85. The van der Waals surface area contributed by atoms with Gasteiger partial charge in [0, 0.05) is 19.1 Å². The van der Waals surface area contributed by atoms with Crippen molar-refractivity contribution in [2.45, 2.75) is 46.6 Å². The van der Waals surface area contributed by atoms with Gasteiger partial charge >= 0.3 is 0 Å². The molecule has 128 valence electrons. The molecule has 1 aliphatic heterocycles. The Bertz CT molecular complexity index is 268. The Morgan fingerprint density at radius 1 is 1.29 bits per heavy atom. The molecule has 1 saturated heterocycles. The lowest BCUT2D eigenvalue weighted by molar-refractivity contribution is -0.124. The quantitative estimate of drug-likeness (QED) is 0.712. The molecule has 1 aliphatic rings. The molecular formula is C15H33Cl2N3O. The third-order valence-corrected chi connectivity index (χ3v) is 4.02. The molecule has 1 fully saturated rings. The van der Waals surface area contributed by atoms with Gasteiger partial charge in [-0.2, -0.15) is 0 Å². The summed E-state index contributed by atoms with van der Waals surface area (Å²) in [6.45, 7) is 13.6. The van der Waals surface area contributed by atoms with Gasteiger partial charge in [-0.1, -0.05) is 27.7 Å². The first-order valence-electron chi connectivity index (χ1n) is 7.80. The number of likely N-dealkylation sites (N-methyl/N-ethyl adjacent to an activating group) is 1. The fourth-order valence-electron chi connectivity index (χ4n) is 2.89. The zero-order chi connectivity index (χ0) is 14.3. The largest absolute Gasteiger partial charge is 0.354 e. The SMILES string of the molecule is CCN(CC)C(CNC(=O)C1CCNC1)CC(C)C.Cl.Cl. The maximum absolute atomic E-state index is 12.1. The Kier molecular flexibility index (Phi) is 13.8. The number of carbonyl (C=O) groups is 1. The van der Waals surface area contributed by atoms with Crippen LogP contribution >= 0.6 is 24.8 Å². The first-order chi connectivity index (χ1) is 9.08. The van der Waals surface area contributed by atoms with E-state index in [0.717, 1.165) is 45.6 Å². The lowest BCUT2D eigenvalue weighted by atomic mass is 10.0. The van der Waals surface area contributed by atoms with Gasteiger partial charge in [0.1, 0.15) is 0 Å². The summed E-state index contributed by atoms with van der Waals surface area (Å²) in [4.78, 5) is 14.5. The molecule has 0 aromatic rings. The fraction of sp³-hybridized carbons (Fsp3) is 0.933. The number of nitrogens with zero attached hydrogens (tertiary/aromatic N) is 1. The van der Waals surface area contributed by atoms with Crippen LogP contribution in [0.1, 0.15) is 40.5 Å². The first kappa shape index (κ1) is 23.2. The van der Waals surface area contributed by atoms with Gasteiger partial charge in [0.2, 0.25) is 5.91 Å². The van der Waals surface area contributed by atoms with Gasteiger partial charge in [0.05, 0.1) is 5.92 Å². The van der Waals surface area contributed by atoms with Gasteiger partial charge < -0.3 is 10.6 Å². The van der Waals surface area contributed by atoms with Crippen molar-refractivity contribution in [3.8, 4) is 0 Å². The van der Waals surface area contributed by atoms with Crippen LogP contribution in [0, 0.1) is 11.8 Å². The minimum atomic E-state index is 0. The van der Waals surface area contributed by atoms with E-state index in [-0.39, 0.29) is 36.6 Å². The van der Waals surface area contributed by atoms with Crippen LogP contribution in [0.25, 0.3) is 0 Å². The molecule has 1 amide bonds. The van der Waals surface area contributed by atoms with E-state index in [9.17, 15) is 4.79 Å². The van der Waals surface area contributed by atoms with Crippen LogP contribution in [0.3, 0.4) is 0 Å². The second kappa shape index (κ2) is 12.5. The summed E-state index contributed by atoms with van der Waals surface area (Å²) in [5, 5.41) is 6.41. The van der Waals surface area contributed by atoms with E-state index in [1.54, 1.807) is 0 Å². The second-order valence-corrected chi connectivity index (χ2v) is 5.94. The Morgan fingerprint density at radius 2 is 1.90 bits per heavy atom. The van der Waals surface area contributed by atoms with Crippen molar-refractivity contribution < 1.29 is 4.79 Å². The number of carbonyl (C=O) groups excluding carboxylic acids is 1. The molecule has 2 unspecified atom stereocenters. The maximum atomic E-state index is 12.1. The Hall–Kier alpha value is -0.0300. The zero-order valence-electron chi connectivity index (χ0n) is 13.9. The molecular weight excluding hydrogens is 309 g/mol. The molecule has 1 heterocycles. The van der Waals surface area contributed by atoms with Crippen molar-refractivity contribution in [2.24, 2.45) is 11.8 Å². The van der Waals surface area contributed by atoms with E-state index in [2.05, 4.69) is 43.2 Å². The van der Waals surface area contributed by atoms with E-state index in [1.807, 2.05) is 0 Å². The van der Waals surface area contributed by atoms with Gasteiger partial charge in [-0.25, -0.2) is 0 Å². The summed E-state index contributed by atoms with van der Waals surface area (Å²) >= 11 is 0. The highest BCUT2D eigenvalue weighted by atomic mass is 35.5. The molecule has 0 bridgehead atoms. The van der Waals surface area contributed by atoms with Gasteiger partial charge in [-0.05, 0) is 38.4 Å². The lowest BCUT2D eigenvalue weighted by Gasteiger charge is -2.31. The standard InChI is InChI=1S/C15H31N3O.2ClH/c1-5-18(6-2)14(9-12(3)4)11-17-15(19)13-7-8-16-10-13;;/h12-14,16H,5-11H2,1-4H3,(H,17,19);2*1H. The number of halogens is 2. The summed E-state index contributed by atoms with van der Waals surface area (Å²) in [5.74, 6) is 1.07. The molecule has 4 nitrogen and oxygen atoms in total. The first-order valence-corrected chi connectivity index (χ1v) is 7.80. The monoisotopic (exact) mass is 341 g/mol. The van der Waals surface area contributed by atoms with E-state index in [1.165, 1.54) is 0 Å². The zero-order valence-corrected chi connectivity index (χ0v) is 15.5. The van der Waals surface area contributed by atoms with Crippen LogP contribution in [0.15, 0.2) is 0 Å². The Morgan fingerprint density at radius 3 is 2.33 bits per heavy atom. The van der Waals surface area contributed by atoms with Crippen molar-refractivity contribution in [3.63, 3.8) is 0 Å². The van der Waals surface area contributed by atoms with Crippen LogP contribution in [0.4, 0.5) is 0 Å². The van der Waals surface area contributed by atoms with Crippen molar-refractivity contribution in [2.75, 3.05) is 32.7 Å². The summed E-state index contributed by atoms with van der Waals surface area (Å²) in [7, 11) is 0. The Balaban J connectivity index is 0. The molecule has 0 radical (unpaired) electrons. The number of nitrogens with one attached hydrogen (secondary N) is 2. The number of hydrogen-bond donors (Lipinski definition) is 2. The average molecular weight is 342 g/mol. The van der Waals surface area contributed by atoms with Crippen molar-refractivity contribution in [3.05, 3.63) is 0 Å². The van der Waals surface area contributed by atoms with Crippen LogP contribution in [0.2, 0.25) is 0 Å². The minimum Gasteiger partial charge on any atom is -0.354 e. The van der Waals surface area contributed by atoms with Crippen LogP contribution in [-0.4, -0.2) is 49.6 Å². The molecule has 6 heteroatoms. The van der Waals surface area contributed by atoms with Crippen LogP contribution in [0.5, 0.6) is 0 Å². The third kappa shape index (κ3) is 8.24. The van der Waals surface area contributed by atoms with Crippen molar-refractivity contribution in [1.82, 2.24) is 15.5 Å². The molecule has 21 heavy (non-hydrogen) atoms. The third-order valence-electron chi connectivity index (χ3n) is 4.02. The van der Waals surface area contributed by atoms with Gasteiger partial charge in [-0.15, -0.1) is 24.8 Å². The molecule has 1 rings (SSSR count). The molecule has 0 aromatic carbocycles. The van der Waals surface area contributed by atoms with E-state index >= 15 is 0 Å². The summed E-state index contributed by atoms with van der Waals surface area (Å²) in [6.07, 6.45) is 2.12. The summed E-state index contributed by atoms with van der Waals surface area (Å²) in [6, 6.07) is 0.466. The fourth-order valence-corrected chi connectivity index (χ4v) is 2.89. The smallest absolute Gasteiger partial charge is 0.224 e. The second-order valence-electron chi connectivity index (χ2n) is 5.94. The van der Waals surface area contributed by atoms with E-state index in [4.69, 9.17) is 0 Å². The van der Waals surface area contributed by atoms with Gasteiger partial charge in [0.15, 0.2) is 0 Å². The van der Waals surface area contributed by atoms with E-state index < -0.39 is 0 Å². The predicted molar refractivity (Wildman–Crippen MR) is 94.6 cm³/mol. The summed E-state index contributed by atoms with van der Waals surface area (Å²) < 4.78 is 0. The molecule has 0 aliphatic carbocycles. The Labute approximate surface area is 142 Å². The topological polar surface area (TPSA) is 44.4 Å². The highest BCUT2D eigenvalue weighted by Gasteiger charge is 2.24. The molecule has 0 saturated carbocycles. The van der Waals surface area contributed by atoms with Crippen molar-refractivity contribution in [1.29, 1.82) is 0 Å². The number of amides is 1. The molecule has 2 N–H and O–H groups in total. The van der Waals surface area contributed by atoms with Gasteiger partial charge in [-0.3, -0.25) is 9.69 Å². The maximum Gasteiger partial charge on any atom is 0.224 e. The number of rotatable bonds is 8. The van der Waals surface area contributed by atoms with Crippen LogP contribution in [-0.2, 0) is 4.79 Å². The average Bonchev–Trinajstić information content (AvgIpc) is 2.90. The lowest BCUT2D eigenvalue weighted by Crippen LogP contribution is -2.46. The van der Waals surface area contributed by atoms with Gasteiger partial charge in [0.25, 0.3) is 0 Å². The molecule has 2 atom stereocenters. The summed E-state index contributed by atoms with van der Waals surface area (Å²) in [5.41, 5.74) is 0. The molecule has 0 aromatic heterocycles. The van der Waals surface area contributed by atoms with Crippen molar-refractivity contribution >= 4 is 30.7 Å².